The van der Waals surface area contributed by atoms with Crippen LogP contribution in [0.2, 0.25) is 0 Å². The van der Waals surface area contributed by atoms with Crippen molar-refractivity contribution >= 4 is 5.91 Å². The zero-order valence-electron chi connectivity index (χ0n) is 17.1. The van der Waals surface area contributed by atoms with E-state index in [1.807, 2.05) is 29.2 Å². The maximum atomic E-state index is 12.7. The van der Waals surface area contributed by atoms with Gasteiger partial charge < -0.3 is 9.64 Å². The van der Waals surface area contributed by atoms with Gasteiger partial charge in [-0.2, -0.15) is 0 Å². The van der Waals surface area contributed by atoms with Crippen LogP contribution < -0.4 is 4.74 Å². The Morgan fingerprint density at radius 3 is 2.41 bits per heavy atom. The van der Waals surface area contributed by atoms with Crippen molar-refractivity contribution in [3.05, 3.63) is 89.5 Å². The Labute approximate surface area is 172 Å². The predicted molar refractivity (Wildman–Crippen MR) is 117 cm³/mol. The number of hydrogen-bond acceptors (Lipinski definition) is 2. The van der Waals surface area contributed by atoms with Crippen LogP contribution >= 0.6 is 0 Å². The predicted octanol–water partition coefficient (Wildman–Crippen LogP) is 6.08. The van der Waals surface area contributed by atoms with Crippen molar-refractivity contribution < 1.29 is 9.53 Å². The summed E-state index contributed by atoms with van der Waals surface area (Å²) >= 11 is 0. The number of carbonyl (C=O) groups excluding carboxylic acids is 1. The van der Waals surface area contributed by atoms with Crippen LogP contribution in [0.3, 0.4) is 0 Å². The number of rotatable bonds is 7. The van der Waals surface area contributed by atoms with Crippen LogP contribution in [0.1, 0.15) is 48.2 Å². The summed E-state index contributed by atoms with van der Waals surface area (Å²) in [5, 5.41) is 0. The molecule has 0 bridgehead atoms. The Morgan fingerprint density at radius 2 is 1.66 bits per heavy atom. The van der Waals surface area contributed by atoms with Crippen molar-refractivity contribution in [2.24, 2.45) is 0 Å². The fourth-order valence-corrected chi connectivity index (χ4v) is 4.07. The Balaban J connectivity index is 1.46. The van der Waals surface area contributed by atoms with Gasteiger partial charge in [0, 0.05) is 18.2 Å². The summed E-state index contributed by atoms with van der Waals surface area (Å²) in [6, 6.07) is 24.9. The van der Waals surface area contributed by atoms with Crippen LogP contribution in [-0.2, 0) is 13.2 Å². The Morgan fingerprint density at radius 1 is 0.897 bits per heavy atom. The molecule has 0 aromatic heterocycles. The molecule has 3 aromatic carbocycles. The average Bonchev–Trinajstić information content (AvgIpc) is 3.10. The van der Waals surface area contributed by atoms with Gasteiger partial charge in [-0.15, -0.1) is 0 Å². The highest BCUT2D eigenvalue weighted by Gasteiger charge is 2.31. The lowest BCUT2D eigenvalue weighted by atomic mass is 10.0. The summed E-state index contributed by atoms with van der Waals surface area (Å²) in [6.45, 7) is 5.47. The molecule has 0 fully saturated rings. The molecule has 0 saturated carbocycles. The lowest BCUT2D eigenvalue weighted by molar-refractivity contribution is 0.0693. The summed E-state index contributed by atoms with van der Waals surface area (Å²) in [5.74, 6) is 0.962. The summed E-state index contributed by atoms with van der Waals surface area (Å²) in [7, 11) is 0. The molecule has 29 heavy (non-hydrogen) atoms. The number of nitrogens with zero attached hydrogens (tertiary/aromatic N) is 1. The molecule has 1 aliphatic heterocycles. The molecule has 3 heteroatoms. The van der Waals surface area contributed by atoms with Crippen LogP contribution in [0.5, 0.6) is 5.75 Å². The van der Waals surface area contributed by atoms with E-state index in [0.717, 1.165) is 35.3 Å². The fraction of sp³-hybridized carbons (Fsp3) is 0.269. The van der Waals surface area contributed by atoms with Gasteiger partial charge in [-0.3, -0.25) is 4.79 Å². The van der Waals surface area contributed by atoms with Gasteiger partial charge in [0.25, 0.3) is 5.91 Å². The van der Waals surface area contributed by atoms with Crippen molar-refractivity contribution in [1.29, 1.82) is 0 Å². The Bertz CT molecular complexity index is 993. The molecule has 3 aromatic rings. The van der Waals surface area contributed by atoms with Crippen molar-refractivity contribution in [2.45, 2.75) is 45.9 Å². The highest BCUT2D eigenvalue weighted by molar-refractivity contribution is 5.98. The van der Waals surface area contributed by atoms with Crippen LogP contribution in [0.15, 0.2) is 72.8 Å². The molecule has 1 aliphatic rings. The molecular weight excluding hydrogens is 358 g/mol. The van der Waals surface area contributed by atoms with Gasteiger partial charge in [0.2, 0.25) is 0 Å². The first kappa shape index (κ1) is 19.3. The number of hydrogen-bond donors (Lipinski definition) is 0. The van der Waals surface area contributed by atoms with E-state index in [-0.39, 0.29) is 5.91 Å². The normalized spacial score (nSPS) is 13.1. The summed E-state index contributed by atoms with van der Waals surface area (Å²) in [4.78, 5) is 14.7. The first-order valence-corrected chi connectivity index (χ1v) is 10.4. The van der Waals surface area contributed by atoms with E-state index in [9.17, 15) is 4.79 Å². The second kappa shape index (κ2) is 8.52. The number of amides is 1. The van der Waals surface area contributed by atoms with Gasteiger partial charge >= 0.3 is 0 Å². The number of ether oxygens (including phenoxy) is 1. The van der Waals surface area contributed by atoms with Gasteiger partial charge in [-0.25, -0.2) is 0 Å². The average molecular weight is 386 g/mol. The van der Waals surface area contributed by atoms with E-state index in [1.54, 1.807) is 0 Å². The highest BCUT2D eigenvalue weighted by atomic mass is 16.5. The fourth-order valence-electron chi connectivity index (χ4n) is 4.07. The lowest BCUT2D eigenvalue weighted by Crippen LogP contribution is -2.34. The quantitative estimate of drug-likeness (QED) is 0.493. The second-order valence-electron chi connectivity index (χ2n) is 7.58. The zero-order chi connectivity index (χ0) is 20.2. The van der Waals surface area contributed by atoms with Crippen molar-refractivity contribution in [1.82, 2.24) is 4.90 Å². The van der Waals surface area contributed by atoms with Crippen molar-refractivity contribution in [2.75, 3.05) is 0 Å². The maximum absolute atomic E-state index is 12.7. The van der Waals surface area contributed by atoms with E-state index in [4.69, 9.17) is 4.74 Å². The van der Waals surface area contributed by atoms with E-state index >= 15 is 0 Å². The van der Waals surface area contributed by atoms with Gasteiger partial charge in [0.05, 0.1) is 0 Å². The molecular formula is C26H27NO2. The third-order valence-electron chi connectivity index (χ3n) is 5.73. The van der Waals surface area contributed by atoms with Crippen LogP contribution in [0.25, 0.3) is 11.1 Å². The minimum Gasteiger partial charge on any atom is -0.489 e. The monoisotopic (exact) mass is 385 g/mol. The largest absolute Gasteiger partial charge is 0.489 e. The van der Waals surface area contributed by atoms with Gasteiger partial charge in [0.1, 0.15) is 12.4 Å². The van der Waals surface area contributed by atoms with Gasteiger partial charge in [-0.1, -0.05) is 62.4 Å². The first-order chi connectivity index (χ1) is 14.2. The molecule has 0 saturated heterocycles. The summed E-state index contributed by atoms with van der Waals surface area (Å²) in [6.07, 6.45) is 1.97. The molecule has 0 spiro atoms. The maximum Gasteiger partial charge on any atom is 0.254 e. The molecule has 1 heterocycles. The third kappa shape index (κ3) is 4.04. The topological polar surface area (TPSA) is 29.5 Å². The minimum atomic E-state index is 0.149. The van der Waals surface area contributed by atoms with E-state index in [1.165, 1.54) is 11.1 Å². The van der Waals surface area contributed by atoms with Crippen molar-refractivity contribution in [3.8, 4) is 16.9 Å². The molecule has 0 N–H and O–H groups in total. The number of carbonyl (C=O) groups is 1. The van der Waals surface area contributed by atoms with E-state index < -0.39 is 0 Å². The summed E-state index contributed by atoms with van der Waals surface area (Å²) in [5.41, 5.74) is 5.40. The highest BCUT2D eigenvalue weighted by Crippen LogP contribution is 2.30. The second-order valence-corrected chi connectivity index (χ2v) is 7.58. The van der Waals surface area contributed by atoms with Gasteiger partial charge in [-0.05, 0) is 59.4 Å². The zero-order valence-corrected chi connectivity index (χ0v) is 17.1. The molecule has 0 unspecified atom stereocenters. The minimum absolute atomic E-state index is 0.149. The van der Waals surface area contributed by atoms with Crippen LogP contribution in [0.4, 0.5) is 0 Å². The van der Waals surface area contributed by atoms with Crippen molar-refractivity contribution in [3.63, 3.8) is 0 Å². The number of fused-ring (bicyclic) bond motifs is 1. The van der Waals surface area contributed by atoms with Gasteiger partial charge in [0.15, 0.2) is 0 Å². The van der Waals surface area contributed by atoms with E-state index in [2.05, 4.69) is 62.4 Å². The molecule has 1 amide bonds. The van der Waals surface area contributed by atoms with Crippen LogP contribution in [-0.4, -0.2) is 16.8 Å². The third-order valence-corrected chi connectivity index (χ3v) is 5.73. The molecule has 0 atom stereocenters. The SMILES string of the molecule is CCC(CC)N1Cc2cc(OCc3cccc(-c4ccccc4)c3)ccc2C1=O. The lowest BCUT2D eigenvalue weighted by Gasteiger charge is -2.25. The molecule has 148 valence electrons. The Hall–Kier alpha value is -3.07. The first-order valence-electron chi connectivity index (χ1n) is 10.4. The number of benzene rings is 3. The van der Waals surface area contributed by atoms with E-state index in [0.29, 0.717) is 19.2 Å². The molecule has 3 nitrogen and oxygen atoms in total. The smallest absolute Gasteiger partial charge is 0.254 e. The van der Waals surface area contributed by atoms with Crippen LogP contribution in [0, 0.1) is 0 Å². The molecule has 4 rings (SSSR count). The standard InChI is InChI=1S/C26H27NO2/c1-3-23(4-2)27-17-22-16-24(13-14-25(22)26(27)28)29-18-19-9-8-12-21(15-19)20-10-6-5-7-11-20/h5-16,23H,3-4,17-18H2,1-2H3. The Kier molecular flexibility index (Phi) is 5.66. The molecule has 0 radical (unpaired) electrons. The summed E-state index contributed by atoms with van der Waals surface area (Å²) < 4.78 is 6.06. The molecule has 0 aliphatic carbocycles.